The molecule has 2 aliphatic rings. The maximum Gasteiger partial charge on any atom is 0.411 e. The van der Waals surface area contributed by atoms with Gasteiger partial charge in [-0.2, -0.15) is 13.2 Å². The normalized spacial score (nSPS) is 20.3. The van der Waals surface area contributed by atoms with E-state index in [9.17, 15) is 18.0 Å². The second kappa shape index (κ2) is 10.8. The average molecular weight is 442 g/mol. The van der Waals surface area contributed by atoms with Crippen molar-refractivity contribution in [3.63, 3.8) is 0 Å². The number of guanidine groups is 1. The predicted octanol–water partition coefficient (Wildman–Crippen LogP) is 2.16. The lowest BCUT2D eigenvalue weighted by atomic mass is 10.1. The van der Waals surface area contributed by atoms with Crippen LogP contribution in [-0.4, -0.2) is 80.4 Å². The van der Waals surface area contributed by atoms with E-state index in [0.29, 0.717) is 44.9 Å². The molecule has 0 aromatic heterocycles. The van der Waals surface area contributed by atoms with Crippen molar-refractivity contribution in [1.82, 2.24) is 15.1 Å². The zero-order chi connectivity index (χ0) is 22.3. The Morgan fingerprint density at radius 2 is 1.81 bits per heavy atom. The summed E-state index contributed by atoms with van der Waals surface area (Å²) in [5.74, 6) is 0.834. The average Bonchev–Trinajstić information content (AvgIpc) is 3.29. The standard InChI is InChI=1S/C21H29F3N4O3/c1-25-20(28-10-8-27(9-11-28)19(29)18-3-2-12-31-18)26-13-16-4-6-17(7-5-16)14-30-15-21(22,23)24/h4-7,18H,2-3,8-15H2,1H3,(H,25,26). The number of hydrogen-bond acceptors (Lipinski definition) is 4. The van der Waals surface area contributed by atoms with Gasteiger partial charge in [-0.1, -0.05) is 24.3 Å². The number of aliphatic imine (C=N–C) groups is 1. The van der Waals surface area contributed by atoms with Gasteiger partial charge in [0.15, 0.2) is 5.96 Å². The van der Waals surface area contributed by atoms with Crippen LogP contribution in [0.5, 0.6) is 0 Å². The fourth-order valence-corrected chi connectivity index (χ4v) is 3.67. The summed E-state index contributed by atoms with van der Waals surface area (Å²) in [4.78, 5) is 20.8. The van der Waals surface area contributed by atoms with Crippen molar-refractivity contribution in [2.45, 2.75) is 38.3 Å². The van der Waals surface area contributed by atoms with Gasteiger partial charge >= 0.3 is 6.18 Å². The fourth-order valence-electron chi connectivity index (χ4n) is 3.67. The number of carbonyl (C=O) groups is 1. The van der Waals surface area contributed by atoms with E-state index in [2.05, 4.69) is 19.9 Å². The molecule has 2 aliphatic heterocycles. The number of ether oxygens (including phenoxy) is 2. The van der Waals surface area contributed by atoms with Gasteiger partial charge in [0.2, 0.25) is 0 Å². The number of carbonyl (C=O) groups excluding carboxylic acids is 1. The summed E-state index contributed by atoms with van der Waals surface area (Å²) in [6.45, 7) is 2.50. The SMILES string of the molecule is CN=C(NCc1ccc(COCC(F)(F)F)cc1)N1CCN(C(=O)C2CCCO2)CC1. The van der Waals surface area contributed by atoms with E-state index >= 15 is 0 Å². The smallest absolute Gasteiger partial charge is 0.368 e. The van der Waals surface area contributed by atoms with Gasteiger partial charge in [0.05, 0.1) is 6.61 Å². The molecule has 0 bridgehead atoms. The lowest BCUT2D eigenvalue weighted by Crippen LogP contribution is -2.55. The van der Waals surface area contributed by atoms with Crippen LogP contribution >= 0.6 is 0 Å². The summed E-state index contributed by atoms with van der Waals surface area (Å²) in [5, 5.41) is 3.30. The number of piperazine rings is 1. The molecule has 31 heavy (non-hydrogen) atoms. The first-order valence-electron chi connectivity index (χ1n) is 10.4. The Morgan fingerprint density at radius 1 is 1.16 bits per heavy atom. The molecule has 0 spiro atoms. The number of nitrogens with one attached hydrogen (secondary N) is 1. The topological polar surface area (TPSA) is 66.4 Å². The van der Waals surface area contributed by atoms with Crippen LogP contribution in [0.3, 0.4) is 0 Å². The van der Waals surface area contributed by atoms with Crippen LogP contribution in [0.4, 0.5) is 13.2 Å². The number of hydrogen-bond donors (Lipinski definition) is 1. The predicted molar refractivity (Wildman–Crippen MR) is 109 cm³/mol. The van der Waals surface area contributed by atoms with E-state index in [-0.39, 0.29) is 18.6 Å². The van der Waals surface area contributed by atoms with Gasteiger partial charge in [0.25, 0.3) is 5.91 Å². The van der Waals surface area contributed by atoms with Crippen LogP contribution in [0.25, 0.3) is 0 Å². The summed E-state index contributed by atoms with van der Waals surface area (Å²) in [6, 6.07) is 7.22. The van der Waals surface area contributed by atoms with E-state index in [1.165, 1.54) is 0 Å². The van der Waals surface area contributed by atoms with Crippen molar-refractivity contribution in [1.29, 1.82) is 0 Å². The molecule has 0 aliphatic carbocycles. The fraction of sp³-hybridized carbons (Fsp3) is 0.619. The van der Waals surface area contributed by atoms with E-state index in [1.807, 2.05) is 17.0 Å². The highest BCUT2D eigenvalue weighted by atomic mass is 19.4. The van der Waals surface area contributed by atoms with Crippen molar-refractivity contribution < 1.29 is 27.4 Å². The number of benzene rings is 1. The molecular formula is C21H29F3N4O3. The molecule has 1 aromatic rings. The summed E-state index contributed by atoms with van der Waals surface area (Å²) in [5.41, 5.74) is 1.66. The molecule has 3 rings (SSSR count). The largest absolute Gasteiger partial charge is 0.411 e. The van der Waals surface area contributed by atoms with Crippen molar-refractivity contribution >= 4 is 11.9 Å². The molecule has 2 heterocycles. The monoisotopic (exact) mass is 442 g/mol. The zero-order valence-electron chi connectivity index (χ0n) is 17.7. The number of halogens is 3. The minimum absolute atomic E-state index is 0.0796. The molecule has 2 saturated heterocycles. The van der Waals surface area contributed by atoms with E-state index in [0.717, 1.165) is 24.4 Å². The first-order valence-corrected chi connectivity index (χ1v) is 10.4. The van der Waals surface area contributed by atoms with Crippen molar-refractivity contribution in [3.05, 3.63) is 35.4 Å². The molecule has 2 fully saturated rings. The van der Waals surface area contributed by atoms with E-state index < -0.39 is 12.8 Å². The number of amides is 1. The summed E-state index contributed by atoms with van der Waals surface area (Å²) in [6.07, 6.45) is -2.86. The Bertz CT molecular complexity index is 741. The highest BCUT2D eigenvalue weighted by Crippen LogP contribution is 2.17. The van der Waals surface area contributed by atoms with Crippen LogP contribution in [0.1, 0.15) is 24.0 Å². The molecule has 10 heteroatoms. The maximum atomic E-state index is 12.5. The Balaban J connectivity index is 1.42. The Kier molecular flexibility index (Phi) is 8.14. The summed E-state index contributed by atoms with van der Waals surface area (Å²) in [7, 11) is 1.72. The molecule has 1 atom stereocenters. The number of nitrogens with zero attached hydrogens (tertiary/aromatic N) is 3. The lowest BCUT2D eigenvalue weighted by molar-refractivity contribution is -0.176. The highest BCUT2D eigenvalue weighted by Gasteiger charge is 2.31. The Morgan fingerprint density at radius 3 is 2.39 bits per heavy atom. The van der Waals surface area contributed by atoms with Gasteiger partial charge in [-0.05, 0) is 24.0 Å². The van der Waals surface area contributed by atoms with Crippen molar-refractivity contribution in [2.75, 3.05) is 46.4 Å². The molecule has 1 amide bonds. The molecule has 1 aromatic carbocycles. The quantitative estimate of drug-likeness (QED) is 0.540. The van der Waals surface area contributed by atoms with Gasteiger partial charge in [0.1, 0.15) is 12.7 Å². The van der Waals surface area contributed by atoms with Crippen molar-refractivity contribution in [2.24, 2.45) is 4.99 Å². The van der Waals surface area contributed by atoms with Gasteiger partial charge < -0.3 is 24.6 Å². The molecule has 7 nitrogen and oxygen atoms in total. The second-order valence-electron chi connectivity index (χ2n) is 7.64. The van der Waals surface area contributed by atoms with Gasteiger partial charge in [0, 0.05) is 46.4 Å². The first-order chi connectivity index (χ1) is 14.9. The minimum atomic E-state index is -4.32. The van der Waals surface area contributed by atoms with Crippen LogP contribution in [0.15, 0.2) is 29.3 Å². The molecule has 172 valence electrons. The van der Waals surface area contributed by atoms with Crippen molar-refractivity contribution in [3.8, 4) is 0 Å². The molecule has 1 N–H and O–H groups in total. The molecule has 1 unspecified atom stereocenters. The molecular weight excluding hydrogens is 413 g/mol. The maximum absolute atomic E-state index is 12.5. The third-order valence-corrected chi connectivity index (χ3v) is 5.32. The molecule has 0 saturated carbocycles. The Hall–Kier alpha value is -2.33. The summed E-state index contributed by atoms with van der Waals surface area (Å²) >= 11 is 0. The van der Waals surface area contributed by atoms with Crippen LogP contribution in [0.2, 0.25) is 0 Å². The third kappa shape index (κ3) is 7.10. The Labute approximate surface area is 180 Å². The highest BCUT2D eigenvalue weighted by molar-refractivity contribution is 5.82. The van der Waals surface area contributed by atoms with Crippen LogP contribution < -0.4 is 5.32 Å². The number of alkyl halides is 3. The van der Waals surface area contributed by atoms with Gasteiger partial charge in [-0.25, -0.2) is 0 Å². The minimum Gasteiger partial charge on any atom is -0.368 e. The molecule has 0 radical (unpaired) electrons. The van der Waals surface area contributed by atoms with E-state index in [4.69, 9.17) is 4.74 Å². The first kappa shape index (κ1) is 23.3. The summed E-state index contributed by atoms with van der Waals surface area (Å²) < 4.78 is 46.6. The van der Waals surface area contributed by atoms with E-state index in [1.54, 1.807) is 19.2 Å². The number of rotatable bonds is 6. The van der Waals surface area contributed by atoms with Gasteiger partial charge in [-0.15, -0.1) is 0 Å². The van der Waals surface area contributed by atoms with Crippen LogP contribution in [0, 0.1) is 0 Å². The van der Waals surface area contributed by atoms with Crippen LogP contribution in [-0.2, 0) is 27.4 Å². The van der Waals surface area contributed by atoms with Gasteiger partial charge in [-0.3, -0.25) is 9.79 Å². The zero-order valence-corrected chi connectivity index (χ0v) is 17.7. The second-order valence-corrected chi connectivity index (χ2v) is 7.64. The lowest BCUT2D eigenvalue weighted by Gasteiger charge is -2.37. The third-order valence-electron chi connectivity index (χ3n) is 5.32.